The molecule has 8 heteroatoms. The highest BCUT2D eigenvalue weighted by Crippen LogP contribution is 2.29. The molecule has 32 heavy (non-hydrogen) atoms. The number of amides is 1. The fourth-order valence-corrected chi connectivity index (χ4v) is 4.09. The van der Waals surface area contributed by atoms with Gasteiger partial charge >= 0.3 is 0 Å². The summed E-state index contributed by atoms with van der Waals surface area (Å²) in [4.78, 5) is 21.1. The van der Waals surface area contributed by atoms with Gasteiger partial charge in [0.15, 0.2) is 0 Å². The number of nitrogens with zero attached hydrogens (tertiary/aromatic N) is 2. The molecule has 3 heterocycles. The van der Waals surface area contributed by atoms with Gasteiger partial charge < -0.3 is 19.9 Å². The van der Waals surface area contributed by atoms with Crippen LogP contribution in [0.15, 0.2) is 54.7 Å². The number of carbonyl (C=O) groups is 1. The van der Waals surface area contributed by atoms with Crippen LogP contribution in [0.5, 0.6) is 0 Å². The van der Waals surface area contributed by atoms with Gasteiger partial charge in [0.1, 0.15) is 17.5 Å². The number of nitrogens with one attached hydrogen (secondary N) is 3. The van der Waals surface area contributed by atoms with Crippen LogP contribution in [0.25, 0.3) is 17.3 Å². The zero-order valence-electron chi connectivity index (χ0n) is 17.3. The summed E-state index contributed by atoms with van der Waals surface area (Å²) in [5.74, 6) is 0.624. The molecule has 1 fully saturated rings. The number of aromatic amines is 1. The first-order valence-electron chi connectivity index (χ1n) is 10.4. The normalized spacial score (nSPS) is 18.1. The number of benzene rings is 2. The summed E-state index contributed by atoms with van der Waals surface area (Å²) in [7, 11) is 0. The van der Waals surface area contributed by atoms with E-state index in [1.165, 1.54) is 12.1 Å². The first-order chi connectivity index (χ1) is 15.6. The smallest absolute Gasteiger partial charge is 0.228 e. The van der Waals surface area contributed by atoms with Crippen LogP contribution in [0.4, 0.5) is 10.1 Å². The lowest BCUT2D eigenvalue weighted by Crippen LogP contribution is -2.42. The number of fused-ring (bicyclic) bond motifs is 1. The predicted molar refractivity (Wildman–Crippen MR) is 120 cm³/mol. The summed E-state index contributed by atoms with van der Waals surface area (Å²) in [6, 6.07) is 12.0. The SMILES string of the molecule is N=C(/C=C\c1ncc(-c2ccc3c(c2)NC(=O)C3)[nH]1)N1CCOCC1c1cccc(F)c1. The molecule has 0 spiro atoms. The molecular formula is C24H22FN5O2. The van der Waals surface area contributed by atoms with E-state index >= 15 is 0 Å². The van der Waals surface area contributed by atoms with Gasteiger partial charge in [0.05, 0.1) is 37.6 Å². The zero-order valence-corrected chi connectivity index (χ0v) is 17.3. The van der Waals surface area contributed by atoms with Gasteiger partial charge in [-0.05, 0) is 41.5 Å². The lowest BCUT2D eigenvalue weighted by atomic mass is 10.0. The maximum absolute atomic E-state index is 13.7. The van der Waals surface area contributed by atoms with E-state index in [0.717, 1.165) is 28.1 Å². The van der Waals surface area contributed by atoms with E-state index in [1.807, 2.05) is 29.2 Å². The Labute approximate surface area is 184 Å². The van der Waals surface area contributed by atoms with E-state index in [9.17, 15) is 9.18 Å². The topological polar surface area (TPSA) is 94.1 Å². The monoisotopic (exact) mass is 431 g/mol. The first-order valence-corrected chi connectivity index (χ1v) is 10.4. The molecule has 1 atom stereocenters. The highest BCUT2D eigenvalue weighted by Gasteiger charge is 2.26. The van der Waals surface area contributed by atoms with Gasteiger partial charge in [-0.2, -0.15) is 0 Å². The van der Waals surface area contributed by atoms with Crippen LogP contribution in [0.2, 0.25) is 0 Å². The molecule has 0 aliphatic carbocycles. The third-order valence-corrected chi connectivity index (χ3v) is 5.71. The van der Waals surface area contributed by atoms with Crippen molar-refractivity contribution in [2.24, 2.45) is 0 Å². The van der Waals surface area contributed by atoms with Crippen molar-refractivity contribution < 1.29 is 13.9 Å². The number of rotatable bonds is 4. The molecule has 5 rings (SSSR count). The van der Waals surface area contributed by atoms with Gasteiger partial charge in [0.25, 0.3) is 0 Å². The Morgan fingerprint density at radius 3 is 3.06 bits per heavy atom. The average molecular weight is 431 g/mol. The summed E-state index contributed by atoms with van der Waals surface area (Å²) in [6.07, 6.45) is 5.57. The van der Waals surface area contributed by atoms with Crippen molar-refractivity contribution in [2.75, 3.05) is 25.1 Å². The molecule has 1 unspecified atom stereocenters. The second-order valence-electron chi connectivity index (χ2n) is 7.84. The number of hydrogen-bond acceptors (Lipinski definition) is 4. The molecular weight excluding hydrogens is 409 g/mol. The van der Waals surface area contributed by atoms with Crippen LogP contribution in [0.1, 0.15) is 23.0 Å². The second-order valence-corrected chi connectivity index (χ2v) is 7.84. The molecule has 1 aromatic heterocycles. The molecule has 7 nitrogen and oxygen atoms in total. The number of ether oxygens (including phenoxy) is 1. The number of morpholine rings is 1. The molecule has 0 saturated carbocycles. The van der Waals surface area contributed by atoms with Crippen molar-refractivity contribution in [1.29, 1.82) is 5.41 Å². The van der Waals surface area contributed by atoms with Gasteiger partial charge in [-0.25, -0.2) is 9.37 Å². The maximum Gasteiger partial charge on any atom is 0.228 e. The van der Waals surface area contributed by atoms with Crippen LogP contribution in [0, 0.1) is 11.2 Å². The summed E-state index contributed by atoms with van der Waals surface area (Å²) in [5.41, 5.74) is 4.35. The Bertz CT molecular complexity index is 1220. The summed E-state index contributed by atoms with van der Waals surface area (Å²) in [6.45, 7) is 1.47. The van der Waals surface area contributed by atoms with Crippen molar-refractivity contribution in [2.45, 2.75) is 12.5 Å². The lowest BCUT2D eigenvalue weighted by Gasteiger charge is -2.36. The zero-order chi connectivity index (χ0) is 22.1. The Morgan fingerprint density at radius 1 is 1.28 bits per heavy atom. The van der Waals surface area contributed by atoms with Gasteiger partial charge in [0.2, 0.25) is 5.91 Å². The Hall–Kier alpha value is -3.78. The molecule has 2 aliphatic rings. The molecule has 2 aromatic carbocycles. The number of hydrogen-bond donors (Lipinski definition) is 3. The van der Waals surface area contributed by atoms with Crippen LogP contribution >= 0.6 is 0 Å². The minimum absolute atomic E-state index is 0.00329. The standard InChI is InChI=1S/C24H22FN5O2/c25-18-3-1-2-17(10-18)21-14-32-9-8-30(21)22(26)6-7-23-27-13-20(28-23)15-4-5-16-12-24(31)29-19(16)11-15/h1-7,10-11,13,21,26H,8-9,12,14H2,(H,27,28)(H,29,31)/b7-6-,26-22?. The van der Waals surface area contributed by atoms with E-state index < -0.39 is 0 Å². The van der Waals surface area contributed by atoms with Gasteiger partial charge in [-0.1, -0.05) is 24.3 Å². The third-order valence-electron chi connectivity index (χ3n) is 5.71. The number of anilines is 1. The fraction of sp³-hybridized carbons (Fsp3) is 0.208. The summed E-state index contributed by atoms with van der Waals surface area (Å²) < 4.78 is 19.3. The van der Waals surface area contributed by atoms with Crippen LogP contribution in [0.3, 0.4) is 0 Å². The summed E-state index contributed by atoms with van der Waals surface area (Å²) in [5, 5.41) is 11.4. The van der Waals surface area contributed by atoms with Gasteiger partial charge in [-0.15, -0.1) is 0 Å². The number of halogens is 1. The Kier molecular flexibility index (Phi) is 5.28. The number of amidine groups is 1. The van der Waals surface area contributed by atoms with Crippen LogP contribution < -0.4 is 5.32 Å². The third kappa shape index (κ3) is 4.04. The molecule has 2 aliphatic heterocycles. The number of imidazole rings is 1. The fourth-order valence-electron chi connectivity index (χ4n) is 4.09. The van der Waals surface area contributed by atoms with Gasteiger partial charge in [-0.3, -0.25) is 10.2 Å². The predicted octanol–water partition coefficient (Wildman–Crippen LogP) is 3.77. The average Bonchev–Trinajstić information content (AvgIpc) is 3.42. The lowest BCUT2D eigenvalue weighted by molar-refractivity contribution is -0.115. The van der Waals surface area contributed by atoms with Crippen molar-refractivity contribution in [3.63, 3.8) is 0 Å². The van der Waals surface area contributed by atoms with Crippen molar-refractivity contribution >= 4 is 23.5 Å². The van der Waals surface area contributed by atoms with E-state index in [0.29, 0.717) is 37.8 Å². The summed E-state index contributed by atoms with van der Waals surface area (Å²) >= 11 is 0. The van der Waals surface area contributed by atoms with E-state index in [4.69, 9.17) is 10.1 Å². The Morgan fingerprint density at radius 2 is 2.19 bits per heavy atom. The highest BCUT2D eigenvalue weighted by atomic mass is 19.1. The number of carbonyl (C=O) groups excluding carboxylic acids is 1. The minimum atomic E-state index is -0.302. The maximum atomic E-state index is 13.7. The van der Waals surface area contributed by atoms with Crippen LogP contribution in [-0.4, -0.2) is 46.4 Å². The van der Waals surface area contributed by atoms with E-state index in [-0.39, 0.29) is 17.8 Å². The van der Waals surface area contributed by atoms with E-state index in [1.54, 1.807) is 24.4 Å². The Balaban J connectivity index is 1.31. The molecule has 0 radical (unpaired) electrons. The number of H-pyrrole nitrogens is 1. The molecule has 3 aromatic rings. The molecule has 3 N–H and O–H groups in total. The quantitative estimate of drug-likeness (QED) is 0.433. The van der Waals surface area contributed by atoms with Crippen molar-refractivity contribution in [3.8, 4) is 11.3 Å². The van der Waals surface area contributed by atoms with Gasteiger partial charge in [0, 0.05) is 17.8 Å². The second kappa shape index (κ2) is 8.39. The van der Waals surface area contributed by atoms with Crippen molar-refractivity contribution in [1.82, 2.24) is 14.9 Å². The largest absolute Gasteiger partial charge is 0.377 e. The number of aromatic nitrogens is 2. The van der Waals surface area contributed by atoms with Crippen LogP contribution in [-0.2, 0) is 16.0 Å². The molecule has 1 saturated heterocycles. The molecule has 1 amide bonds. The molecule has 0 bridgehead atoms. The molecule has 162 valence electrons. The minimum Gasteiger partial charge on any atom is -0.377 e. The van der Waals surface area contributed by atoms with Crippen molar-refractivity contribution in [3.05, 3.63) is 77.5 Å². The first kappa shape index (κ1) is 20.1. The van der Waals surface area contributed by atoms with E-state index in [2.05, 4.69) is 15.3 Å². The highest BCUT2D eigenvalue weighted by molar-refractivity contribution is 6.00.